The number of carbonyl (C=O) groups excluding carboxylic acids is 1. The van der Waals surface area contributed by atoms with Crippen LogP contribution in [0, 0.1) is 17.1 Å². The fourth-order valence-corrected chi connectivity index (χ4v) is 2.05. The highest BCUT2D eigenvalue weighted by Gasteiger charge is 2.09. The maximum Gasteiger partial charge on any atom is 0.266 e. The zero-order valence-electron chi connectivity index (χ0n) is 9.76. The molecule has 0 fully saturated rings. The number of nitrogens with one attached hydrogen (secondary N) is 1. The third kappa shape index (κ3) is 3.50. The van der Waals surface area contributed by atoms with E-state index >= 15 is 0 Å². The van der Waals surface area contributed by atoms with Gasteiger partial charge in [0.1, 0.15) is 17.5 Å². The van der Waals surface area contributed by atoms with Crippen molar-refractivity contribution in [3.8, 4) is 6.07 Å². The second-order valence-corrected chi connectivity index (χ2v) is 4.63. The second kappa shape index (κ2) is 5.94. The van der Waals surface area contributed by atoms with E-state index in [1.807, 2.05) is 23.6 Å². The molecule has 0 spiro atoms. The van der Waals surface area contributed by atoms with Gasteiger partial charge in [0.15, 0.2) is 0 Å². The molecule has 1 aromatic carbocycles. The lowest BCUT2D eigenvalue weighted by molar-refractivity contribution is -0.112. The van der Waals surface area contributed by atoms with E-state index in [0.29, 0.717) is 5.69 Å². The van der Waals surface area contributed by atoms with E-state index in [1.54, 1.807) is 0 Å². The molecule has 1 N–H and O–H groups in total. The fraction of sp³-hybridized carbons (Fsp3) is 0. The highest BCUT2D eigenvalue weighted by Crippen LogP contribution is 2.15. The molecule has 1 amide bonds. The van der Waals surface area contributed by atoms with Crippen molar-refractivity contribution < 1.29 is 9.18 Å². The van der Waals surface area contributed by atoms with Gasteiger partial charge in [-0.2, -0.15) is 5.26 Å². The van der Waals surface area contributed by atoms with Crippen molar-refractivity contribution in [2.75, 3.05) is 5.32 Å². The molecule has 0 aliphatic rings. The number of hydrogen-bond acceptors (Lipinski definition) is 3. The Bertz CT molecular complexity index is 639. The van der Waals surface area contributed by atoms with Gasteiger partial charge in [0.2, 0.25) is 0 Å². The third-order valence-electron chi connectivity index (χ3n) is 2.30. The number of carbonyl (C=O) groups is 1. The minimum absolute atomic E-state index is 0.00627. The summed E-state index contributed by atoms with van der Waals surface area (Å²) < 4.78 is 12.7. The minimum Gasteiger partial charge on any atom is -0.321 e. The summed E-state index contributed by atoms with van der Waals surface area (Å²) in [4.78, 5) is 12.7. The monoisotopic (exact) mass is 272 g/mol. The number of rotatable bonds is 3. The van der Waals surface area contributed by atoms with Gasteiger partial charge in [0.05, 0.1) is 0 Å². The van der Waals surface area contributed by atoms with Crippen molar-refractivity contribution in [2.45, 2.75) is 0 Å². The van der Waals surface area contributed by atoms with Gasteiger partial charge in [0, 0.05) is 10.6 Å². The Kier molecular flexibility index (Phi) is 4.06. The molecule has 0 saturated heterocycles. The first-order valence-corrected chi connectivity index (χ1v) is 6.29. The third-order valence-corrected chi connectivity index (χ3v) is 3.12. The predicted molar refractivity (Wildman–Crippen MR) is 72.9 cm³/mol. The summed E-state index contributed by atoms with van der Waals surface area (Å²) in [5, 5.41) is 13.4. The Morgan fingerprint density at radius 1 is 1.32 bits per heavy atom. The number of nitriles is 1. The van der Waals surface area contributed by atoms with Crippen LogP contribution in [0.15, 0.2) is 47.4 Å². The first kappa shape index (κ1) is 13.0. The van der Waals surface area contributed by atoms with Crippen LogP contribution in [-0.4, -0.2) is 5.91 Å². The molecule has 0 bridgehead atoms. The molecule has 94 valence electrons. The molecule has 0 unspecified atom stereocenters. The summed E-state index contributed by atoms with van der Waals surface area (Å²) in [6.07, 6.45) is 1.52. The molecule has 0 aliphatic heterocycles. The number of amides is 1. The zero-order valence-corrected chi connectivity index (χ0v) is 10.6. The van der Waals surface area contributed by atoms with Gasteiger partial charge in [-0.1, -0.05) is 6.07 Å². The zero-order chi connectivity index (χ0) is 13.7. The van der Waals surface area contributed by atoms with E-state index in [4.69, 9.17) is 5.26 Å². The molecule has 19 heavy (non-hydrogen) atoms. The lowest BCUT2D eigenvalue weighted by Crippen LogP contribution is -2.13. The van der Waals surface area contributed by atoms with Gasteiger partial charge in [-0.3, -0.25) is 4.79 Å². The van der Waals surface area contributed by atoms with Crippen LogP contribution in [0.5, 0.6) is 0 Å². The standard InChI is InChI=1S/C14H9FN2OS/c15-11-3-5-12(6-4-11)17-14(18)10(9-16)8-13-2-1-7-19-13/h1-8H,(H,17,18)/b10-8+. The van der Waals surface area contributed by atoms with Crippen LogP contribution in [0.4, 0.5) is 10.1 Å². The summed E-state index contributed by atoms with van der Waals surface area (Å²) in [5.41, 5.74) is 0.450. The van der Waals surface area contributed by atoms with Crippen molar-refractivity contribution in [3.63, 3.8) is 0 Å². The van der Waals surface area contributed by atoms with E-state index in [-0.39, 0.29) is 11.4 Å². The van der Waals surface area contributed by atoms with E-state index in [0.717, 1.165) is 4.88 Å². The lowest BCUT2D eigenvalue weighted by Gasteiger charge is -2.03. The van der Waals surface area contributed by atoms with Gasteiger partial charge >= 0.3 is 0 Å². The molecule has 3 nitrogen and oxygen atoms in total. The smallest absolute Gasteiger partial charge is 0.266 e. The van der Waals surface area contributed by atoms with Crippen LogP contribution < -0.4 is 5.32 Å². The normalized spacial score (nSPS) is 10.8. The lowest BCUT2D eigenvalue weighted by atomic mass is 10.2. The average Bonchev–Trinajstić information content (AvgIpc) is 2.91. The van der Waals surface area contributed by atoms with E-state index in [1.165, 1.54) is 41.7 Å². The molecule has 5 heteroatoms. The Balaban J connectivity index is 2.14. The number of anilines is 1. The Labute approximate surface area is 113 Å². The SMILES string of the molecule is N#C/C(=C\c1cccs1)C(=O)Nc1ccc(F)cc1. The van der Waals surface area contributed by atoms with E-state index in [2.05, 4.69) is 5.32 Å². The van der Waals surface area contributed by atoms with Crippen LogP contribution in [-0.2, 0) is 4.79 Å². The second-order valence-electron chi connectivity index (χ2n) is 3.65. The number of benzene rings is 1. The maximum atomic E-state index is 12.7. The van der Waals surface area contributed by atoms with Gasteiger partial charge in [0.25, 0.3) is 5.91 Å². The minimum atomic E-state index is -0.512. The molecule has 0 atom stereocenters. The van der Waals surface area contributed by atoms with Crippen LogP contribution in [0.1, 0.15) is 4.88 Å². The van der Waals surface area contributed by atoms with Crippen molar-refractivity contribution in [3.05, 3.63) is 58.0 Å². The largest absolute Gasteiger partial charge is 0.321 e. The first-order valence-electron chi connectivity index (χ1n) is 5.41. The van der Waals surface area contributed by atoms with Gasteiger partial charge < -0.3 is 5.32 Å². The predicted octanol–water partition coefficient (Wildman–Crippen LogP) is 3.43. The van der Waals surface area contributed by atoms with Crippen LogP contribution in [0.3, 0.4) is 0 Å². The van der Waals surface area contributed by atoms with Gasteiger partial charge in [-0.05, 0) is 41.8 Å². The molecular weight excluding hydrogens is 263 g/mol. The molecule has 2 aromatic rings. The summed E-state index contributed by atoms with van der Waals surface area (Å²) in [6, 6.07) is 10.9. The molecule has 0 saturated carbocycles. The van der Waals surface area contributed by atoms with Crippen LogP contribution in [0.25, 0.3) is 6.08 Å². The van der Waals surface area contributed by atoms with Crippen molar-refractivity contribution in [2.24, 2.45) is 0 Å². The van der Waals surface area contributed by atoms with E-state index < -0.39 is 5.91 Å². The Morgan fingerprint density at radius 3 is 2.63 bits per heavy atom. The summed E-state index contributed by atoms with van der Waals surface area (Å²) in [6.45, 7) is 0. The highest BCUT2D eigenvalue weighted by molar-refractivity contribution is 7.10. The van der Waals surface area contributed by atoms with Crippen molar-refractivity contribution in [1.82, 2.24) is 0 Å². The van der Waals surface area contributed by atoms with E-state index in [9.17, 15) is 9.18 Å². The van der Waals surface area contributed by atoms with Crippen molar-refractivity contribution in [1.29, 1.82) is 5.26 Å². The topological polar surface area (TPSA) is 52.9 Å². The Hall–Kier alpha value is -2.45. The number of nitrogens with zero attached hydrogens (tertiary/aromatic N) is 1. The van der Waals surface area contributed by atoms with Gasteiger partial charge in [-0.15, -0.1) is 11.3 Å². The molecule has 0 aliphatic carbocycles. The van der Waals surface area contributed by atoms with Gasteiger partial charge in [-0.25, -0.2) is 4.39 Å². The first-order chi connectivity index (χ1) is 9.19. The highest BCUT2D eigenvalue weighted by atomic mass is 32.1. The summed E-state index contributed by atoms with van der Waals surface area (Å²) in [5.74, 6) is -0.893. The number of halogens is 1. The quantitative estimate of drug-likeness (QED) is 0.687. The molecule has 0 radical (unpaired) electrons. The summed E-state index contributed by atoms with van der Waals surface area (Å²) in [7, 11) is 0. The number of hydrogen-bond donors (Lipinski definition) is 1. The van der Waals surface area contributed by atoms with Crippen LogP contribution in [0.2, 0.25) is 0 Å². The molecule has 1 aromatic heterocycles. The van der Waals surface area contributed by atoms with Crippen LogP contribution >= 0.6 is 11.3 Å². The number of thiophene rings is 1. The summed E-state index contributed by atoms with van der Waals surface area (Å²) >= 11 is 1.44. The Morgan fingerprint density at radius 2 is 2.05 bits per heavy atom. The van der Waals surface area contributed by atoms with Crippen molar-refractivity contribution >= 4 is 29.0 Å². The average molecular weight is 272 g/mol. The molecular formula is C14H9FN2OS. The maximum absolute atomic E-state index is 12.7. The fourth-order valence-electron chi connectivity index (χ4n) is 1.40. The molecule has 2 rings (SSSR count). The molecule has 1 heterocycles.